The van der Waals surface area contributed by atoms with Crippen LogP contribution in [0.2, 0.25) is 5.02 Å². The minimum Gasteiger partial charge on any atom is -0.379 e. The van der Waals surface area contributed by atoms with Gasteiger partial charge < -0.3 is 14.6 Å². The number of nitrogens with zero attached hydrogens (tertiary/aromatic N) is 3. The molecule has 7 nitrogen and oxygen atoms in total. The molecule has 0 radical (unpaired) electrons. The van der Waals surface area contributed by atoms with Gasteiger partial charge in [-0.05, 0) is 18.6 Å². The van der Waals surface area contributed by atoms with Crippen molar-refractivity contribution >= 4 is 17.5 Å². The highest BCUT2D eigenvalue weighted by atomic mass is 35.5. The Labute approximate surface area is 157 Å². The number of rotatable bonds is 7. The number of nitrogens with one attached hydrogen (secondary N) is 1. The maximum Gasteiger partial charge on any atom is 0.227 e. The number of amides is 1. The van der Waals surface area contributed by atoms with Gasteiger partial charge in [-0.2, -0.15) is 4.98 Å². The van der Waals surface area contributed by atoms with Crippen LogP contribution in [0.5, 0.6) is 0 Å². The molecule has 1 aliphatic rings. The highest BCUT2D eigenvalue weighted by molar-refractivity contribution is 6.31. The van der Waals surface area contributed by atoms with Crippen LogP contribution in [0.1, 0.15) is 29.7 Å². The monoisotopic (exact) mass is 378 g/mol. The molecule has 2 aromatic rings. The number of hydrogen-bond acceptors (Lipinski definition) is 6. The molecule has 1 aromatic heterocycles. The van der Waals surface area contributed by atoms with Crippen LogP contribution in [0.4, 0.5) is 0 Å². The maximum absolute atomic E-state index is 12.2. The molecule has 1 atom stereocenters. The minimum absolute atomic E-state index is 0.0159. The Hall–Kier alpha value is -1.96. The molecule has 26 heavy (non-hydrogen) atoms. The molecular weight excluding hydrogens is 356 g/mol. The Morgan fingerprint density at radius 2 is 2.12 bits per heavy atom. The van der Waals surface area contributed by atoms with Crippen LogP contribution in [0.3, 0.4) is 0 Å². The van der Waals surface area contributed by atoms with E-state index in [1.165, 1.54) is 0 Å². The molecule has 1 amide bonds. The van der Waals surface area contributed by atoms with Crippen molar-refractivity contribution < 1.29 is 14.1 Å². The first-order chi connectivity index (χ1) is 12.6. The van der Waals surface area contributed by atoms with Crippen molar-refractivity contribution in [1.29, 1.82) is 0 Å². The molecule has 0 spiro atoms. The molecule has 1 saturated heterocycles. The van der Waals surface area contributed by atoms with E-state index in [0.29, 0.717) is 49.3 Å². The second kappa shape index (κ2) is 9.12. The summed E-state index contributed by atoms with van der Waals surface area (Å²) in [7, 11) is 0. The largest absolute Gasteiger partial charge is 0.379 e. The molecule has 1 N–H and O–H groups in total. The minimum atomic E-state index is -0.0498. The first-order valence-corrected chi connectivity index (χ1v) is 9.13. The fourth-order valence-corrected chi connectivity index (χ4v) is 3.29. The predicted octanol–water partition coefficient (Wildman–Crippen LogP) is 2.15. The fourth-order valence-electron chi connectivity index (χ4n) is 3.03. The zero-order chi connectivity index (χ0) is 18.4. The number of ether oxygens (including phenoxy) is 1. The van der Waals surface area contributed by atoms with Gasteiger partial charge >= 0.3 is 0 Å². The van der Waals surface area contributed by atoms with E-state index < -0.39 is 0 Å². The van der Waals surface area contributed by atoms with E-state index in [-0.39, 0.29) is 11.9 Å². The second-order valence-electron chi connectivity index (χ2n) is 6.23. The lowest BCUT2D eigenvalue weighted by atomic mass is 10.0. The average Bonchev–Trinajstić information content (AvgIpc) is 3.08. The summed E-state index contributed by atoms with van der Waals surface area (Å²) < 4.78 is 10.5. The maximum atomic E-state index is 12.2. The van der Waals surface area contributed by atoms with Crippen molar-refractivity contribution in [2.24, 2.45) is 0 Å². The lowest BCUT2D eigenvalue weighted by Gasteiger charge is -2.35. The van der Waals surface area contributed by atoms with E-state index >= 15 is 0 Å². The summed E-state index contributed by atoms with van der Waals surface area (Å²) >= 11 is 6.40. The zero-order valence-corrected chi connectivity index (χ0v) is 15.5. The first-order valence-electron chi connectivity index (χ1n) is 8.75. The lowest BCUT2D eigenvalue weighted by Crippen LogP contribution is -2.44. The number of halogens is 1. The molecule has 0 saturated carbocycles. The van der Waals surface area contributed by atoms with Crippen LogP contribution in [0.25, 0.3) is 0 Å². The van der Waals surface area contributed by atoms with Crippen LogP contribution in [-0.4, -0.2) is 53.8 Å². The molecule has 1 fully saturated rings. The highest BCUT2D eigenvalue weighted by Crippen LogP contribution is 2.27. The smallest absolute Gasteiger partial charge is 0.227 e. The summed E-state index contributed by atoms with van der Waals surface area (Å²) in [6, 6.07) is 7.78. The van der Waals surface area contributed by atoms with Gasteiger partial charge in [0.2, 0.25) is 11.8 Å². The van der Waals surface area contributed by atoms with E-state index in [9.17, 15) is 4.79 Å². The molecule has 0 bridgehead atoms. The molecular formula is C18H23ClN4O3. The summed E-state index contributed by atoms with van der Waals surface area (Å²) in [5.41, 5.74) is 1.02. The van der Waals surface area contributed by atoms with Crippen LogP contribution in [0, 0.1) is 6.92 Å². The van der Waals surface area contributed by atoms with Gasteiger partial charge in [0.1, 0.15) is 0 Å². The van der Waals surface area contributed by atoms with Gasteiger partial charge in [0.15, 0.2) is 5.82 Å². The summed E-state index contributed by atoms with van der Waals surface area (Å²) in [4.78, 5) is 18.7. The lowest BCUT2D eigenvalue weighted by molar-refractivity contribution is -0.121. The Balaban J connectivity index is 1.60. The number of hydrogen-bond donors (Lipinski definition) is 1. The quantitative estimate of drug-likeness (QED) is 0.795. The topological polar surface area (TPSA) is 80.5 Å². The Morgan fingerprint density at radius 1 is 1.35 bits per heavy atom. The first kappa shape index (κ1) is 18.8. The van der Waals surface area contributed by atoms with E-state index in [0.717, 1.165) is 18.7 Å². The normalized spacial score (nSPS) is 16.4. The van der Waals surface area contributed by atoms with Crippen molar-refractivity contribution in [3.05, 3.63) is 46.6 Å². The van der Waals surface area contributed by atoms with Gasteiger partial charge in [-0.15, -0.1) is 0 Å². The number of aryl methyl sites for hydroxylation is 2. The fraction of sp³-hybridized carbons (Fsp3) is 0.500. The zero-order valence-electron chi connectivity index (χ0n) is 14.8. The number of benzene rings is 1. The van der Waals surface area contributed by atoms with Crippen molar-refractivity contribution in [1.82, 2.24) is 20.4 Å². The standard InChI is InChI=1S/C18H23ClN4O3/c1-13-21-18(26-22-13)7-6-17(24)20-12-16(23-8-10-25-11-9-23)14-4-2-3-5-15(14)19/h2-5,16H,6-12H2,1H3,(H,20,24). The third-order valence-corrected chi connectivity index (χ3v) is 4.72. The highest BCUT2D eigenvalue weighted by Gasteiger charge is 2.24. The molecule has 1 aliphatic heterocycles. The number of carbonyl (C=O) groups excluding carboxylic acids is 1. The van der Waals surface area contributed by atoms with Crippen molar-refractivity contribution in [2.45, 2.75) is 25.8 Å². The van der Waals surface area contributed by atoms with Crippen LogP contribution in [0.15, 0.2) is 28.8 Å². The molecule has 1 unspecified atom stereocenters. The molecule has 140 valence electrons. The third kappa shape index (κ3) is 5.03. The summed E-state index contributed by atoms with van der Waals surface area (Å²) in [5, 5.41) is 7.45. The predicted molar refractivity (Wildman–Crippen MR) is 97.0 cm³/mol. The van der Waals surface area contributed by atoms with E-state index in [2.05, 4.69) is 20.4 Å². The third-order valence-electron chi connectivity index (χ3n) is 4.38. The Bertz CT molecular complexity index is 731. The molecule has 2 heterocycles. The molecule has 1 aromatic carbocycles. The SMILES string of the molecule is Cc1noc(CCC(=O)NCC(c2ccccc2Cl)N2CCOCC2)n1. The van der Waals surface area contributed by atoms with Crippen LogP contribution >= 0.6 is 11.6 Å². The van der Waals surface area contributed by atoms with Crippen molar-refractivity contribution in [2.75, 3.05) is 32.8 Å². The van der Waals surface area contributed by atoms with Crippen molar-refractivity contribution in [3.63, 3.8) is 0 Å². The molecule has 3 rings (SSSR count). The van der Waals surface area contributed by atoms with Gasteiger partial charge in [0, 0.05) is 37.5 Å². The van der Waals surface area contributed by atoms with E-state index in [1.807, 2.05) is 24.3 Å². The average molecular weight is 379 g/mol. The summed E-state index contributed by atoms with van der Waals surface area (Å²) in [6.07, 6.45) is 0.737. The van der Waals surface area contributed by atoms with Gasteiger partial charge in [-0.1, -0.05) is 35.0 Å². The second-order valence-corrected chi connectivity index (χ2v) is 6.63. The van der Waals surface area contributed by atoms with Gasteiger partial charge in [-0.3, -0.25) is 9.69 Å². The summed E-state index contributed by atoms with van der Waals surface area (Å²) in [5.74, 6) is 1.01. The summed E-state index contributed by atoms with van der Waals surface area (Å²) in [6.45, 7) is 5.24. The van der Waals surface area contributed by atoms with Crippen LogP contribution in [-0.2, 0) is 16.0 Å². The number of aromatic nitrogens is 2. The Morgan fingerprint density at radius 3 is 2.81 bits per heavy atom. The van der Waals surface area contributed by atoms with Gasteiger partial charge in [0.25, 0.3) is 0 Å². The molecule has 8 heteroatoms. The number of morpholine rings is 1. The van der Waals surface area contributed by atoms with Crippen molar-refractivity contribution in [3.8, 4) is 0 Å². The Kier molecular flexibility index (Phi) is 6.60. The van der Waals surface area contributed by atoms with E-state index in [1.54, 1.807) is 6.92 Å². The van der Waals surface area contributed by atoms with Gasteiger partial charge in [0.05, 0.1) is 19.3 Å². The number of carbonyl (C=O) groups is 1. The molecule has 0 aliphatic carbocycles. The van der Waals surface area contributed by atoms with E-state index in [4.69, 9.17) is 20.9 Å². The van der Waals surface area contributed by atoms with Crippen LogP contribution < -0.4 is 5.32 Å². The van der Waals surface area contributed by atoms with Gasteiger partial charge in [-0.25, -0.2) is 0 Å².